The van der Waals surface area contributed by atoms with E-state index in [-0.39, 0.29) is 44.1 Å². The molecule has 11 aromatic rings. The fourth-order valence-corrected chi connectivity index (χ4v) is 7.94. The average Bonchev–Trinajstić information content (AvgIpc) is 3.97. The summed E-state index contributed by atoms with van der Waals surface area (Å²) < 4.78 is 62.2. The van der Waals surface area contributed by atoms with Crippen molar-refractivity contribution in [1.82, 2.24) is 14.1 Å². The summed E-state index contributed by atoms with van der Waals surface area (Å²) >= 11 is 0. The third-order valence-corrected chi connectivity index (χ3v) is 10.7. The second-order valence-corrected chi connectivity index (χ2v) is 15.3. The van der Waals surface area contributed by atoms with Crippen LogP contribution in [0, 0.1) is 18.5 Å². The van der Waals surface area contributed by atoms with Gasteiger partial charge in [0, 0.05) is 55.1 Å². The third-order valence-electron chi connectivity index (χ3n) is 10.7. The largest absolute Gasteiger partial charge is 0.510 e. The zero-order chi connectivity index (χ0) is 43.3. The van der Waals surface area contributed by atoms with E-state index in [0.29, 0.717) is 45.0 Å². The van der Waals surface area contributed by atoms with Gasteiger partial charge in [0.1, 0.15) is 17.0 Å². The number of hydrogen-bond donors (Lipinski definition) is 0. The Morgan fingerprint density at radius 2 is 1.47 bits per heavy atom. The number of imidazole rings is 1. The van der Waals surface area contributed by atoms with Crippen molar-refractivity contribution in [3.63, 3.8) is 0 Å². The Bertz CT molecular complexity index is 3650. The van der Waals surface area contributed by atoms with Crippen LogP contribution in [0.15, 0.2) is 168 Å². The molecule has 0 aliphatic rings. The van der Waals surface area contributed by atoms with Gasteiger partial charge in [-0.25, -0.2) is 4.98 Å². The fourth-order valence-electron chi connectivity index (χ4n) is 7.94. The van der Waals surface area contributed by atoms with Crippen molar-refractivity contribution < 1.29 is 41.6 Å². The molecule has 0 radical (unpaired) electrons. The molecule has 0 bridgehead atoms. The molecule has 0 saturated carbocycles. The summed E-state index contributed by atoms with van der Waals surface area (Å²) in [4.78, 5) is 4.81. The van der Waals surface area contributed by atoms with Crippen LogP contribution in [-0.4, -0.2) is 14.1 Å². The number of aromatic nitrogens is 4. The Kier molecular flexibility index (Phi) is 7.56. The molecule has 0 aliphatic carbocycles. The van der Waals surface area contributed by atoms with E-state index < -0.39 is 18.1 Å². The van der Waals surface area contributed by atoms with E-state index in [2.05, 4.69) is 74.1 Å². The standard InChI is InChI=1S/C52H36N4O2.Pt/c1-52(2,3)35-28-29-53-49(30-35)56-43-20-9-7-18-40(43)41-25-24-38(32-46(41)56)57-37-17-13-16-36(31-37)54-33-55(45-22-11-10-21-44(45)54)51-39(34-14-5-4-6-15-34)26-27-48-50(51)42-19-8-12-23-47(42)58-48;/h4-30H,1-3H3;/q-2;/i4D,5D,6D,14D,15D;. The number of furan rings is 1. The Morgan fingerprint density at radius 1 is 0.712 bits per heavy atom. The summed E-state index contributed by atoms with van der Waals surface area (Å²) in [7, 11) is 0. The predicted octanol–water partition coefficient (Wildman–Crippen LogP) is 12.5. The number of nitrogens with zero attached hydrogens (tertiary/aromatic N) is 4. The first-order valence-corrected chi connectivity index (χ1v) is 19.1. The molecule has 4 heterocycles. The van der Waals surface area contributed by atoms with Crippen molar-refractivity contribution in [1.29, 1.82) is 0 Å². The topological polar surface area (TPSA) is 49.0 Å². The van der Waals surface area contributed by atoms with Crippen LogP contribution in [0.2, 0.25) is 0 Å². The summed E-state index contributed by atoms with van der Waals surface area (Å²) in [6.07, 6.45) is 5.42. The SMILES string of the molecule is [2H]c1c([2H])c([2H])c(-c2ccc3oc4ccccc4c3c2-[n+]2[c-]n(-c3[c-]c(Oc4[c-]c5c(cc4)c4ccccc4n5-c4cc(C(C)(C)C)ccn4)ccc3)c3ccccc32)c([2H])c1[2H].[Pt]. The van der Waals surface area contributed by atoms with Crippen molar-refractivity contribution in [3.05, 3.63) is 188 Å². The number of benzene rings is 7. The first-order chi connectivity index (χ1) is 30.5. The van der Waals surface area contributed by atoms with Gasteiger partial charge in [-0.05, 0) is 63.5 Å². The molecule has 0 N–H and O–H groups in total. The van der Waals surface area contributed by atoms with E-state index in [1.165, 1.54) is 5.56 Å². The normalized spacial score (nSPS) is 13.0. The number of hydrogen-bond acceptors (Lipinski definition) is 3. The van der Waals surface area contributed by atoms with Crippen LogP contribution in [0.25, 0.3) is 83.1 Å². The van der Waals surface area contributed by atoms with Crippen LogP contribution in [0.3, 0.4) is 0 Å². The minimum absolute atomic E-state index is 0. The van der Waals surface area contributed by atoms with Crippen LogP contribution in [0.1, 0.15) is 33.2 Å². The summed E-state index contributed by atoms with van der Waals surface area (Å²) in [6, 6.07) is 46.3. The molecule has 0 spiro atoms. The molecular formula is C52H36N4O2Pt-2. The van der Waals surface area contributed by atoms with Crippen molar-refractivity contribution in [2.75, 3.05) is 0 Å². The maximum Gasteiger partial charge on any atom is 0.268 e. The van der Waals surface area contributed by atoms with E-state index >= 15 is 0 Å². The summed E-state index contributed by atoms with van der Waals surface area (Å²) in [5.74, 6) is 1.76. The molecule has 4 aromatic heterocycles. The quantitative estimate of drug-likeness (QED) is 0.123. The minimum atomic E-state index is -0.457. The van der Waals surface area contributed by atoms with E-state index in [1.807, 2.05) is 100 Å². The molecule has 0 aliphatic heterocycles. The van der Waals surface area contributed by atoms with Crippen molar-refractivity contribution >= 4 is 54.8 Å². The van der Waals surface area contributed by atoms with Crippen molar-refractivity contribution in [3.8, 4) is 39.8 Å². The number of ether oxygens (including phenoxy) is 1. The number of pyridine rings is 1. The average molecular weight is 949 g/mol. The number of para-hydroxylation sites is 4. The molecule has 0 amide bonds. The Morgan fingerprint density at radius 3 is 2.32 bits per heavy atom. The summed E-state index contributed by atoms with van der Waals surface area (Å²) in [5.41, 5.74) is 7.42. The molecule has 7 aromatic carbocycles. The van der Waals surface area contributed by atoms with Crippen LogP contribution >= 0.6 is 0 Å². The van der Waals surface area contributed by atoms with E-state index in [1.54, 1.807) is 12.1 Å². The van der Waals surface area contributed by atoms with E-state index in [9.17, 15) is 0 Å². The first-order valence-electron chi connectivity index (χ1n) is 21.6. The maximum absolute atomic E-state index is 9.00. The van der Waals surface area contributed by atoms with E-state index in [4.69, 9.17) is 21.0 Å². The van der Waals surface area contributed by atoms with Crippen LogP contribution in [0.4, 0.5) is 0 Å². The van der Waals surface area contributed by atoms with Gasteiger partial charge in [-0.15, -0.1) is 29.7 Å². The molecule has 0 saturated heterocycles. The summed E-state index contributed by atoms with van der Waals surface area (Å²) in [6.45, 7) is 6.58. The molecule has 0 unspecified atom stereocenters. The number of rotatable bonds is 6. The molecule has 6 nitrogen and oxygen atoms in total. The van der Waals surface area contributed by atoms with Crippen molar-refractivity contribution in [2.45, 2.75) is 26.2 Å². The third kappa shape index (κ3) is 6.14. The van der Waals surface area contributed by atoms with Crippen molar-refractivity contribution in [2.24, 2.45) is 0 Å². The monoisotopic (exact) mass is 948 g/mol. The zero-order valence-electron chi connectivity index (χ0n) is 37.1. The van der Waals surface area contributed by atoms with Gasteiger partial charge < -0.3 is 18.3 Å². The first kappa shape index (κ1) is 31.3. The number of fused-ring (bicyclic) bond motifs is 7. The summed E-state index contributed by atoms with van der Waals surface area (Å²) in [5, 5.41) is 3.63. The van der Waals surface area contributed by atoms with Gasteiger partial charge in [-0.3, -0.25) is 4.57 Å². The van der Waals surface area contributed by atoms with Gasteiger partial charge in [-0.1, -0.05) is 123 Å². The Balaban J connectivity index is 0.00000484. The van der Waals surface area contributed by atoms with Gasteiger partial charge >= 0.3 is 0 Å². The molecule has 0 atom stereocenters. The molecule has 0 fully saturated rings. The van der Waals surface area contributed by atoms with Gasteiger partial charge in [0.15, 0.2) is 0 Å². The van der Waals surface area contributed by atoms with Crippen LogP contribution in [-0.2, 0) is 26.5 Å². The van der Waals surface area contributed by atoms with Gasteiger partial charge in [-0.2, -0.15) is 18.2 Å². The Labute approximate surface area is 362 Å². The second kappa shape index (κ2) is 14.3. The Hall–Kier alpha value is -6.75. The van der Waals surface area contributed by atoms with Crippen LogP contribution < -0.4 is 9.30 Å². The second-order valence-electron chi connectivity index (χ2n) is 15.3. The van der Waals surface area contributed by atoms with E-state index in [0.717, 1.165) is 44.0 Å². The molecule has 288 valence electrons. The van der Waals surface area contributed by atoms with Gasteiger partial charge in [0.2, 0.25) is 0 Å². The smallest absolute Gasteiger partial charge is 0.268 e. The van der Waals surface area contributed by atoms with Crippen LogP contribution in [0.5, 0.6) is 11.5 Å². The van der Waals surface area contributed by atoms with Gasteiger partial charge in [0.05, 0.1) is 23.6 Å². The molecule has 11 rings (SSSR count). The van der Waals surface area contributed by atoms with Gasteiger partial charge in [0.25, 0.3) is 6.33 Å². The maximum atomic E-state index is 9.00. The zero-order valence-corrected chi connectivity index (χ0v) is 34.4. The minimum Gasteiger partial charge on any atom is -0.510 e. The predicted molar refractivity (Wildman–Crippen MR) is 231 cm³/mol. The molecule has 59 heavy (non-hydrogen) atoms. The molecule has 7 heteroatoms. The molecular weight excluding hydrogens is 908 g/mol. The fraction of sp³-hybridized carbons (Fsp3) is 0.0769.